The number of rotatable bonds is 9. The molecule has 130 valence electrons. The van der Waals surface area contributed by atoms with Crippen LogP contribution in [0.4, 0.5) is 0 Å². The normalized spacial score (nSPS) is 18.0. The van der Waals surface area contributed by atoms with Crippen molar-refractivity contribution in [2.45, 2.75) is 39.7 Å². The summed E-state index contributed by atoms with van der Waals surface area (Å²) >= 11 is 6.38. The van der Waals surface area contributed by atoms with Crippen molar-refractivity contribution in [1.29, 1.82) is 0 Å². The molecule has 1 N–H and O–H groups in total. The Morgan fingerprint density at radius 3 is 2.87 bits per heavy atom. The molecule has 1 aromatic rings. The molecule has 2 rings (SSSR count). The van der Waals surface area contributed by atoms with Gasteiger partial charge in [0.05, 0.1) is 24.8 Å². The van der Waals surface area contributed by atoms with Gasteiger partial charge in [0.2, 0.25) is 0 Å². The minimum atomic E-state index is 0.592. The van der Waals surface area contributed by atoms with E-state index in [0.29, 0.717) is 29.9 Å². The van der Waals surface area contributed by atoms with Crippen LogP contribution in [0.3, 0.4) is 0 Å². The van der Waals surface area contributed by atoms with Gasteiger partial charge < -0.3 is 19.5 Å². The Hall–Kier alpha value is -0.970. The lowest BCUT2D eigenvalue weighted by Gasteiger charge is -2.22. The summed E-state index contributed by atoms with van der Waals surface area (Å²) in [7, 11) is 0. The van der Waals surface area contributed by atoms with E-state index in [-0.39, 0.29) is 0 Å². The van der Waals surface area contributed by atoms with Gasteiger partial charge in [0.1, 0.15) is 0 Å². The lowest BCUT2D eigenvalue weighted by Crippen LogP contribution is -2.28. The maximum atomic E-state index is 6.38. The molecule has 1 aromatic carbocycles. The molecule has 0 saturated carbocycles. The summed E-state index contributed by atoms with van der Waals surface area (Å²) in [5, 5.41) is 4.11. The second-order valence-electron chi connectivity index (χ2n) is 5.90. The van der Waals surface area contributed by atoms with E-state index in [1.165, 1.54) is 6.42 Å². The molecule has 1 fully saturated rings. The second kappa shape index (κ2) is 10.0. The topological polar surface area (TPSA) is 39.7 Å². The van der Waals surface area contributed by atoms with Crippen molar-refractivity contribution in [2.24, 2.45) is 5.92 Å². The van der Waals surface area contributed by atoms with Crippen molar-refractivity contribution < 1.29 is 14.2 Å². The SMILES string of the molecule is CCCOc1c(Cl)cc(CNCC2CCCOC2)cc1OCC. The van der Waals surface area contributed by atoms with Gasteiger partial charge >= 0.3 is 0 Å². The Kier molecular flexibility index (Phi) is 8.00. The number of hydrogen-bond donors (Lipinski definition) is 1. The maximum Gasteiger partial charge on any atom is 0.179 e. The van der Waals surface area contributed by atoms with Crippen molar-refractivity contribution in [3.8, 4) is 11.5 Å². The van der Waals surface area contributed by atoms with Crippen molar-refractivity contribution in [3.63, 3.8) is 0 Å². The average molecular weight is 342 g/mol. The molecule has 5 heteroatoms. The molecule has 0 aliphatic carbocycles. The van der Waals surface area contributed by atoms with Gasteiger partial charge in [-0.15, -0.1) is 0 Å². The molecule has 0 aromatic heterocycles. The summed E-state index contributed by atoms with van der Waals surface area (Å²) in [6.45, 7) is 8.77. The van der Waals surface area contributed by atoms with E-state index < -0.39 is 0 Å². The van der Waals surface area contributed by atoms with E-state index in [4.69, 9.17) is 25.8 Å². The third-order valence-corrected chi connectivity index (χ3v) is 4.12. The van der Waals surface area contributed by atoms with E-state index in [2.05, 4.69) is 12.2 Å². The highest BCUT2D eigenvalue weighted by Gasteiger charge is 2.15. The molecule has 4 nitrogen and oxygen atoms in total. The Morgan fingerprint density at radius 1 is 1.30 bits per heavy atom. The van der Waals surface area contributed by atoms with Crippen LogP contribution in [0.15, 0.2) is 12.1 Å². The van der Waals surface area contributed by atoms with Gasteiger partial charge in [0, 0.05) is 19.7 Å². The zero-order valence-corrected chi connectivity index (χ0v) is 15.0. The highest BCUT2D eigenvalue weighted by Crippen LogP contribution is 2.36. The van der Waals surface area contributed by atoms with Gasteiger partial charge in [-0.25, -0.2) is 0 Å². The number of benzene rings is 1. The first kappa shape index (κ1) is 18.4. The average Bonchev–Trinajstić information content (AvgIpc) is 2.55. The molecule has 0 amide bonds. The molecular formula is C18H28ClNO3. The van der Waals surface area contributed by atoms with Crippen molar-refractivity contribution in [2.75, 3.05) is 33.0 Å². The largest absolute Gasteiger partial charge is 0.490 e. The predicted molar refractivity (Wildman–Crippen MR) is 93.7 cm³/mol. The molecule has 0 spiro atoms. The zero-order chi connectivity index (χ0) is 16.5. The molecule has 1 aliphatic rings. The lowest BCUT2D eigenvalue weighted by molar-refractivity contribution is 0.0547. The number of nitrogens with one attached hydrogen (secondary N) is 1. The summed E-state index contributed by atoms with van der Waals surface area (Å²) in [5.41, 5.74) is 1.11. The van der Waals surface area contributed by atoms with Crippen LogP contribution in [0.25, 0.3) is 0 Å². The third kappa shape index (κ3) is 5.87. The Balaban J connectivity index is 1.95. The highest BCUT2D eigenvalue weighted by atomic mass is 35.5. The van der Waals surface area contributed by atoms with Crippen molar-refractivity contribution in [3.05, 3.63) is 22.7 Å². The van der Waals surface area contributed by atoms with Crippen LogP contribution in [0.2, 0.25) is 5.02 Å². The standard InChI is InChI=1S/C18H28ClNO3/c1-3-7-23-18-16(19)9-15(10-17(18)22-4-2)12-20-11-14-6-5-8-21-13-14/h9-10,14,20H,3-8,11-13H2,1-2H3. The smallest absolute Gasteiger partial charge is 0.179 e. The Labute approximate surface area is 144 Å². The Bertz CT molecular complexity index is 476. The fraction of sp³-hybridized carbons (Fsp3) is 0.667. The molecular weight excluding hydrogens is 314 g/mol. The van der Waals surface area contributed by atoms with E-state index >= 15 is 0 Å². The first-order chi connectivity index (χ1) is 11.2. The molecule has 1 aliphatic heterocycles. The van der Waals surface area contributed by atoms with E-state index in [1.54, 1.807) is 0 Å². The highest BCUT2D eigenvalue weighted by molar-refractivity contribution is 6.32. The van der Waals surface area contributed by atoms with Gasteiger partial charge in [0.15, 0.2) is 11.5 Å². The molecule has 0 bridgehead atoms. The van der Waals surface area contributed by atoms with Crippen LogP contribution in [-0.4, -0.2) is 33.0 Å². The Morgan fingerprint density at radius 2 is 2.17 bits per heavy atom. The number of halogens is 1. The second-order valence-corrected chi connectivity index (χ2v) is 6.31. The van der Waals surface area contributed by atoms with Gasteiger partial charge in [-0.2, -0.15) is 0 Å². The van der Waals surface area contributed by atoms with Gasteiger partial charge in [-0.05, 0) is 49.8 Å². The zero-order valence-electron chi connectivity index (χ0n) is 14.2. The minimum absolute atomic E-state index is 0.592. The first-order valence-electron chi connectivity index (χ1n) is 8.61. The first-order valence-corrected chi connectivity index (χ1v) is 8.98. The molecule has 23 heavy (non-hydrogen) atoms. The van der Waals surface area contributed by atoms with Crippen LogP contribution in [-0.2, 0) is 11.3 Å². The fourth-order valence-corrected chi connectivity index (χ4v) is 3.01. The fourth-order valence-electron chi connectivity index (χ4n) is 2.72. The van der Waals surface area contributed by atoms with Gasteiger partial charge in [0.25, 0.3) is 0 Å². The molecule has 1 unspecified atom stereocenters. The van der Waals surface area contributed by atoms with Crippen LogP contribution in [0, 0.1) is 5.92 Å². The van der Waals surface area contributed by atoms with Crippen molar-refractivity contribution in [1.82, 2.24) is 5.32 Å². The summed E-state index contributed by atoms with van der Waals surface area (Å²) in [4.78, 5) is 0. The minimum Gasteiger partial charge on any atom is -0.490 e. The maximum absolute atomic E-state index is 6.38. The van der Waals surface area contributed by atoms with E-state index in [0.717, 1.165) is 50.5 Å². The molecule has 1 heterocycles. The summed E-state index contributed by atoms with van der Waals surface area (Å²) in [6.07, 6.45) is 3.34. The molecule has 0 radical (unpaired) electrons. The summed E-state index contributed by atoms with van der Waals surface area (Å²) in [6, 6.07) is 3.98. The van der Waals surface area contributed by atoms with Crippen molar-refractivity contribution >= 4 is 11.6 Å². The van der Waals surface area contributed by atoms with Crippen LogP contribution >= 0.6 is 11.6 Å². The number of hydrogen-bond acceptors (Lipinski definition) is 4. The third-order valence-electron chi connectivity index (χ3n) is 3.84. The molecule has 1 saturated heterocycles. The van der Waals surface area contributed by atoms with E-state index in [9.17, 15) is 0 Å². The van der Waals surface area contributed by atoms with Crippen LogP contribution < -0.4 is 14.8 Å². The monoisotopic (exact) mass is 341 g/mol. The van der Waals surface area contributed by atoms with E-state index in [1.807, 2.05) is 19.1 Å². The van der Waals surface area contributed by atoms with Gasteiger partial charge in [-0.3, -0.25) is 0 Å². The summed E-state index contributed by atoms with van der Waals surface area (Å²) in [5.74, 6) is 1.99. The predicted octanol–water partition coefficient (Wildman–Crippen LogP) is 4.04. The number of ether oxygens (including phenoxy) is 3. The van der Waals surface area contributed by atoms with Crippen LogP contribution in [0.5, 0.6) is 11.5 Å². The lowest BCUT2D eigenvalue weighted by atomic mass is 10.0. The van der Waals surface area contributed by atoms with Gasteiger partial charge in [-0.1, -0.05) is 18.5 Å². The quantitative estimate of drug-likeness (QED) is 0.735. The summed E-state index contributed by atoms with van der Waals surface area (Å²) < 4.78 is 16.9. The van der Waals surface area contributed by atoms with Crippen LogP contribution in [0.1, 0.15) is 38.7 Å². The molecule has 1 atom stereocenters.